The maximum atomic E-state index is 14.0. The summed E-state index contributed by atoms with van der Waals surface area (Å²) in [4.78, 5) is 12.3. The minimum Gasteiger partial charge on any atom is -0.486 e. The number of nitrogens with zero attached hydrogens (tertiary/aromatic N) is 1. The van der Waals surface area contributed by atoms with Gasteiger partial charge in [0.05, 0.1) is 0 Å². The summed E-state index contributed by atoms with van der Waals surface area (Å²) < 4.78 is 66.4. The second-order valence-corrected chi connectivity index (χ2v) is 10.6. The van der Waals surface area contributed by atoms with E-state index in [0.29, 0.717) is 18.4 Å². The first kappa shape index (κ1) is 25.5. The van der Waals surface area contributed by atoms with Crippen LogP contribution in [0.3, 0.4) is 0 Å². The van der Waals surface area contributed by atoms with Crippen LogP contribution in [0, 0.1) is 6.92 Å². The molecule has 0 unspecified atom stereocenters. The standard InChI is InChI=1S/C21H31F2NO6S/c1-15-8-9-18(17(13-15)29-14-21(22,23)10-6-12-25)31(27,28)24-11-5-7-16(24)19(26)30-20(2,3)4/h8-9,13,16,25H,5-7,10-12,14H2,1-4H3/t16-/m0/s1. The molecule has 1 heterocycles. The van der Waals surface area contributed by atoms with Gasteiger partial charge in [-0.1, -0.05) is 6.07 Å². The van der Waals surface area contributed by atoms with Crippen LogP contribution >= 0.6 is 0 Å². The Morgan fingerprint density at radius 2 is 1.97 bits per heavy atom. The van der Waals surface area contributed by atoms with Gasteiger partial charge in [-0.25, -0.2) is 17.2 Å². The molecule has 1 atom stereocenters. The maximum Gasteiger partial charge on any atom is 0.324 e. The molecule has 2 rings (SSSR count). The lowest BCUT2D eigenvalue weighted by molar-refractivity contribution is -0.158. The van der Waals surface area contributed by atoms with Gasteiger partial charge in [-0.2, -0.15) is 4.31 Å². The Labute approximate surface area is 182 Å². The maximum absolute atomic E-state index is 14.0. The topological polar surface area (TPSA) is 93.1 Å². The third kappa shape index (κ3) is 6.85. The Balaban J connectivity index is 2.31. The number of ether oxygens (including phenoxy) is 2. The summed E-state index contributed by atoms with van der Waals surface area (Å²) in [5.74, 6) is -4.06. The minimum atomic E-state index is -4.20. The van der Waals surface area contributed by atoms with Crippen molar-refractivity contribution in [2.45, 2.75) is 75.8 Å². The number of carbonyl (C=O) groups excluding carboxylic acids is 1. The highest BCUT2D eigenvalue weighted by atomic mass is 32.2. The Morgan fingerprint density at radius 1 is 1.29 bits per heavy atom. The normalized spacial score (nSPS) is 18.2. The van der Waals surface area contributed by atoms with Crippen molar-refractivity contribution in [2.75, 3.05) is 19.8 Å². The molecule has 1 aliphatic rings. The number of hydrogen-bond donors (Lipinski definition) is 1. The van der Waals surface area contributed by atoms with Gasteiger partial charge >= 0.3 is 5.97 Å². The fraction of sp³-hybridized carbons (Fsp3) is 0.667. The summed E-state index contributed by atoms with van der Waals surface area (Å²) in [5.41, 5.74) is -0.134. The van der Waals surface area contributed by atoms with Crippen molar-refractivity contribution < 1.29 is 36.6 Å². The summed E-state index contributed by atoms with van der Waals surface area (Å²) >= 11 is 0. The van der Waals surface area contributed by atoms with E-state index in [2.05, 4.69) is 0 Å². The molecule has 0 saturated carbocycles. The van der Waals surface area contributed by atoms with Gasteiger partial charge in [-0.3, -0.25) is 4.79 Å². The number of benzene rings is 1. The molecule has 0 radical (unpaired) electrons. The molecule has 0 spiro atoms. The number of rotatable bonds is 9. The average Bonchev–Trinajstić information content (AvgIpc) is 3.14. The highest BCUT2D eigenvalue weighted by Crippen LogP contribution is 2.34. The van der Waals surface area contributed by atoms with Crippen LogP contribution in [0.2, 0.25) is 0 Å². The molecule has 1 aromatic carbocycles. The summed E-state index contributed by atoms with van der Waals surface area (Å²) in [6.07, 6.45) is 0.116. The van der Waals surface area contributed by atoms with Crippen LogP contribution in [0.5, 0.6) is 5.75 Å². The van der Waals surface area contributed by atoms with Crippen LogP contribution in [0.15, 0.2) is 23.1 Å². The number of esters is 1. The van der Waals surface area contributed by atoms with E-state index in [4.69, 9.17) is 14.6 Å². The second-order valence-electron chi connectivity index (χ2n) is 8.73. The van der Waals surface area contributed by atoms with E-state index in [-0.39, 0.29) is 30.2 Å². The van der Waals surface area contributed by atoms with Crippen molar-refractivity contribution in [2.24, 2.45) is 0 Å². The number of carbonyl (C=O) groups is 1. The third-order valence-electron chi connectivity index (χ3n) is 4.71. The molecule has 0 aromatic heterocycles. The number of sulfonamides is 1. The van der Waals surface area contributed by atoms with Gasteiger partial charge in [-0.15, -0.1) is 0 Å². The van der Waals surface area contributed by atoms with Crippen LogP contribution in [0.25, 0.3) is 0 Å². The van der Waals surface area contributed by atoms with Crippen LogP contribution < -0.4 is 4.74 Å². The Morgan fingerprint density at radius 3 is 2.58 bits per heavy atom. The quantitative estimate of drug-likeness (QED) is 0.565. The number of hydrogen-bond acceptors (Lipinski definition) is 6. The number of alkyl halides is 2. The molecule has 176 valence electrons. The molecular weight excluding hydrogens is 432 g/mol. The molecule has 7 nitrogen and oxygen atoms in total. The van der Waals surface area contributed by atoms with Gasteiger partial charge in [0.25, 0.3) is 5.92 Å². The molecule has 1 aromatic rings. The summed E-state index contributed by atoms with van der Waals surface area (Å²) in [7, 11) is -4.20. The van der Waals surface area contributed by atoms with Crippen LogP contribution in [-0.2, 0) is 19.6 Å². The van der Waals surface area contributed by atoms with Crippen molar-refractivity contribution >= 4 is 16.0 Å². The largest absolute Gasteiger partial charge is 0.486 e. The molecule has 0 amide bonds. The molecule has 0 aliphatic carbocycles. The van der Waals surface area contributed by atoms with E-state index >= 15 is 0 Å². The SMILES string of the molecule is Cc1ccc(S(=O)(=O)N2CCC[C@H]2C(=O)OC(C)(C)C)c(OCC(F)(F)CCCO)c1. The van der Waals surface area contributed by atoms with Crippen molar-refractivity contribution in [3.63, 3.8) is 0 Å². The lowest BCUT2D eigenvalue weighted by Crippen LogP contribution is -2.43. The van der Waals surface area contributed by atoms with Crippen LogP contribution in [0.4, 0.5) is 8.78 Å². The van der Waals surface area contributed by atoms with E-state index in [1.807, 2.05) is 0 Å². The zero-order chi connectivity index (χ0) is 23.4. The highest BCUT2D eigenvalue weighted by molar-refractivity contribution is 7.89. The Bertz CT molecular complexity index is 882. The zero-order valence-corrected chi connectivity index (χ0v) is 19.2. The third-order valence-corrected chi connectivity index (χ3v) is 6.66. The summed E-state index contributed by atoms with van der Waals surface area (Å²) in [5, 5.41) is 8.77. The Hall–Kier alpha value is -1.78. The first-order chi connectivity index (χ1) is 14.3. The first-order valence-electron chi connectivity index (χ1n) is 10.2. The van der Waals surface area contributed by atoms with Gasteiger partial charge in [-0.05, 0) is 64.7 Å². The Kier molecular flexibility index (Phi) is 8.04. The number of halogens is 2. The van der Waals surface area contributed by atoms with E-state index in [9.17, 15) is 22.0 Å². The molecule has 1 aliphatic heterocycles. The average molecular weight is 464 g/mol. The molecule has 1 saturated heterocycles. The molecule has 1 N–H and O–H groups in total. The van der Waals surface area contributed by atoms with Crippen molar-refractivity contribution in [1.82, 2.24) is 4.31 Å². The predicted molar refractivity (Wildman–Crippen MR) is 111 cm³/mol. The lowest BCUT2D eigenvalue weighted by atomic mass is 10.2. The highest BCUT2D eigenvalue weighted by Gasteiger charge is 2.42. The van der Waals surface area contributed by atoms with E-state index in [1.54, 1.807) is 33.8 Å². The number of aliphatic hydroxyl groups excluding tert-OH is 1. The fourth-order valence-electron chi connectivity index (χ4n) is 3.29. The predicted octanol–water partition coefficient (Wildman–Crippen LogP) is 3.28. The molecular formula is C21H31F2NO6S. The van der Waals surface area contributed by atoms with Gasteiger partial charge in [0.15, 0.2) is 6.61 Å². The second kappa shape index (κ2) is 9.79. The molecule has 0 bridgehead atoms. The van der Waals surface area contributed by atoms with E-state index < -0.39 is 46.6 Å². The van der Waals surface area contributed by atoms with E-state index in [1.165, 1.54) is 12.1 Å². The first-order valence-corrected chi connectivity index (χ1v) is 11.7. The van der Waals surface area contributed by atoms with Gasteiger partial charge in [0.1, 0.15) is 22.3 Å². The minimum absolute atomic E-state index is 0.0965. The molecule has 31 heavy (non-hydrogen) atoms. The lowest BCUT2D eigenvalue weighted by Gasteiger charge is -2.27. The van der Waals surface area contributed by atoms with Gasteiger partial charge in [0, 0.05) is 19.6 Å². The summed E-state index contributed by atoms with van der Waals surface area (Å²) in [6.45, 7) is 5.50. The van der Waals surface area contributed by atoms with Crippen LogP contribution in [-0.4, -0.2) is 61.1 Å². The van der Waals surface area contributed by atoms with Crippen molar-refractivity contribution in [3.05, 3.63) is 23.8 Å². The number of aryl methyl sites for hydroxylation is 1. The summed E-state index contributed by atoms with van der Waals surface area (Å²) in [6, 6.07) is 3.25. The monoisotopic (exact) mass is 463 g/mol. The fourth-order valence-corrected chi connectivity index (χ4v) is 5.05. The van der Waals surface area contributed by atoms with Crippen molar-refractivity contribution in [1.29, 1.82) is 0 Å². The number of aliphatic hydroxyl groups is 1. The smallest absolute Gasteiger partial charge is 0.324 e. The molecule has 10 heteroatoms. The van der Waals surface area contributed by atoms with Gasteiger partial charge in [0.2, 0.25) is 10.0 Å². The zero-order valence-electron chi connectivity index (χ0n) is 18.4. The molecule has 1 fully saturated rings. The van der Waals surface area contributed by atoms with Crippen molar-refractivity contribution in [3.8, 4) is 5.75 Å². The van der Waals surface area contributed by atoms with E-state index in [0.717, 1.165) is 4.31 Å². The van der Waals surface area contributed by atoms with Gasteiger partial charge < -0.3 is 14.6 Å². The van der Waals surface area contributed by atoms with Crippen LogP contribution in [0.1, 0.15) is 52.0 Å².